The lowest BCUT2D eigenvalue weighted by Gasteiger charge is -2.16. The van der Waals surface area contributed by atoms with E-state index in [9.17, 15) is 9.59 Å². The molecular formula is C15H18N2O4. The normalized spacial score (nSPS) is 10.6. The first-order valence-corrected chi connectivity index (χ1v) is 6.67. The van der Waals surface area contributed by atoms with E-state index in [4.69, 9.17) is 9.52 Å². The molecular weight excluding hydrogens is 272 g/mol. The van der Waals surface area contributed by atoms with E-state index >= 15 is 0 Å². The third-order valence-corrected chi connectivity index (χ3v) is 3.32. The van der Waals surface area contributed by atoms with Gasteiger partial charge in [0, 0.05) is 31.1 Å². The Morgan fingerprint density at radius 2 is 2.05 bits per heavy atom. The van der Waals surface area contributed by atoms with Crippen molar-refractivity contribution in [2.75, 3.05) is 13.6 Å². The molecule has 0 aliphatic heterocycles. The van der Waals surface area contributed by atoms with Gasteiger partial charge in [-0.3, -0.25) is 4.79 Å². The summed E-state index contributed by atoms with van der Waals surface area (Å²) in [6.45, 7) is 2.38. The van der Waals surface area contributed by atoms with Crippen LogP contribution in [0.15, 0.2) is 28.7 Å². The molecule has 0 aliphatic rings. The molecule has 0 aliphatic carbocycles. The first-order chi connectivity index (χ1) is 9.99. The molecule has 112 valence electrons. The highest BCUT2D eigenvalue weighted by Gasteiger charge is 2.13. The topological polar surface area (TPSA) is 82.8 Å². The van der Waals surface area contributed by atoms with Crippen molar-refractivity contribution in [2.24, 2.45) is 0 Å². The van der Waals surface area contributed by atoms with E-state index in [1.807, 2.05) is 31.2 Å². The summed E-state index contributed by atoms with van der Waals surface area (Å²) in [5, 5.41) is 12.4. The zero-order valence-corrected chi connectivity index (χ0v) is 12.0. The monoisotopic (exact) mass is 290 g/mol. The second-order valence-electron chi connectivity index (χ2n) is 4.86. The molecule has 0 unspecified atom stereocenters. The second-order valence-corrected chi connectivity index (χ2v) is 4.86. The molecule has 0 atom stereocenters. The molecule has 0 saturated heterocycles. The Morgan fingerprint density at radius 1 is 1.33 bits per heavy atom. The maximum absolute atomic E-state index is 11.9. The van der Waals surface area contributed by atoms with E-state index in [1.54, 1.807) is 7.05 Å². The Hall–Kier alpha value is -2.50. The van der Waals surface area contributed by atoms with Crippen molar-refractivity contribution < 1.29 is 19.1 Å². The molecule has 21 heavy (non-hydrogen) atoms. The number of rotatable bonds is 5. The second kappa shape index (κ2) is 6.30. The Bertz CT molecular complexity index is 663. The molecule has 1 aromatic carbocycles. The predicted octanol–water partition coefficient (Wildman–Crippen LogP) is 2.36. The molecule has 6 heteroatoms. The van der Waals surface area contributed by atoms with Crippen LogP contribution in [0.5, 0.6) is 0 Å². The van der Waals surface area contributed by atoms with Gasteiger partial charge in [-0.1, -0.05) is 18.2 Å². The van der Waals surface area contributed by atoms with Crippen LogP contribution >= 0.6 is 0 Å². The quantitative estimate of drug-likeness (QED) is 0.885. The number of carboxylic acid groups (broad SMARTS) is 1. The van der Waals surface area contributed by atoms with Gasteiger partial charge in [-0.05, 0) is 13.0 Å². The van der Waals surface area contributed by atoms with Gasteiger partial charge in [0.25, 0.3) is 0 Å². The van der Waals surface area contributed by atoms with Gasteiger partial charge in [0.15, 0.2) is 0 Å². The van der Waals surface area contributed by atoms with E-state index in [-0.39, 0.29) is 19.0 Å². The number of carboxylic acids is 1. The first kappa shape index (κ1) is 14.9. The number of furan rings is 1. The van der Waals surface area contributed by atoms with Gasteiger partial charge >= 0.3 is 12.0 Å². The first-order valence-electron chi connectivity index (χ1n) is 6.67. The lowest BCUT2D eigenvalue weighted by molar-refractivity contribution is -0.137. The van der Waals surface area contributed by atoms with Gasteiger partial charge in [0.05, 0.1) is 6.42 Å². The van der Waals surface area contributed by atoms with Gasteiger partial charge in [-0.2, -0.15) is 0 Å². The zero-order valence-electron chi connectivity index (χ0n) is 12.0. The summed E-state index contributed by atoms with van der Waals surface area (Å²) >= 11 is 0. The van der Waals surface area contributed by atoms with Crippen LogP contribution < -0.4 is 5.32 Å². The fraction of sp³-hybridized carbons (Fsp3) is 0.333. The summed E-state index contributed by atoms with van der Waals surface area (Å²) in [6, 6.07) is 7.34. The van der Waals surface area contributed by atoms with Gasteiger partial charge in [0.2, 0.25) is 0 Å². The Labute approximate surface area is 122 Å². The Balaban J connectivity index is 2.00. The van der Waals surface area contributed by atoms with E-state index < -0.39 is 5.97 Å². The SMILES string of the molecule is Cc1oc2ccccc2c1CNC(=O)N(C)CCC(=O)O. The van der Waals surface area contributed by atoms with Gasteiger partial charge in [-0.25, -0.2) is 4.79 Å². The molecule has 2 N–H and O–H groups in total. The number of urea groups is 1. The van der Waals surface area contributed by atoms with E-state index in [0.29, 0.717) is 6.54 Å². The maximum Gasteiger partial charge on any atom is 0.317 e. The van der Waals surface area contributed by atoms with E-state index in [0.717, 1.165) is 22.3 Å². The third kappa shape index (κ3) is 3.53. The number of nitrogens with zero attached hydrogens (tertiary/aromatic N) is 1. The Morgan fingerprint density at radius 3 is 2.76 bits per heavy atom. The van der Waals surface area contributed by atoms with Crippen molar-refractivity contribution in [3.8, 4) is 0 Å². The van der Waals surface area contributed by atoms with E-state index in [1.165, 1.54) is 4.90 Å². The highest BCUT2D eigenvalue weighted by atomic mass is 16.4. The molecule has 0 radical (unpaired) electrons. The lowest BCUT2D eigenvalue weighted by Crippen LogP contribution is -2.38. The van der Waals surface area contributed by atoms with Gasteiger partial charge in [-0.15, -0.1) is 0 Å². The molecule has 2 rings (SSSR count). The number of nitrogens with one attached hydrogen (secondary N) is 1. The number of benzene rings is 1. The average molecular weight is 290 g/mol. The maximum atomic E-state index is 11.9. The zero-order chi connectivity index (χ0) is 15.4. The van der Waals surface area contributed by atoms with Crippen molar-refractivity contribution in [1.29, 1.82) is 0 Å². The fourth-order valence-corrected chi connectivity index (χ4v) is 2.10. The van der Waals surface area contributed by atoms with Crippen LogP contribution in [-0.4, -0.2) is 35.6 Å². The third-order valence-electron chi connectivity index (χ3n) is 3.32. The number of amides is 2. The smallest absolute Gasteiger partial charge is 0.317 e. The van der Waals surface area contributed by atoms with Gasteiger partial charge < -0.3 is 19.7 Å². The summed E-state index contributed by atoms with van der Waals surface area (Å²) in [6.07, 6.45) is -0.0718. The predicted molar refractivity (Wildman–Crippen MR) is 78.1 cm³/mol. The van der Waals surface area contributed by atoms with Crippen LogP contribution in [0.4, 0.5) is 4.79 Å². The van der Waals surface area contributed by atoms with Crippen LogP contribution in [0.3, 0.4) is 0 Å². The van der Waals surface area contributed by atoms with Crippen molar-refractivity contribution >= 4 is 23.0 Å². The minimum Gasteiger partial charge on any atom is -0.481 e. The van der Waals surface area contributed by atoms with Crippen LogP contribution in [0.25, 0.3) is 11.0 Å². The molecule has 0 bridgehead atoms. The molecule has 1 aromatic heterocycles. The lowest BCUT2D eigenvalue weighted by atomic mass is 10.1. The molecule has 2 aromatic rings. The number of fused-ring (bicyclic) bond motifs is 1. The van der Waals surface area contributed by atoms with Crippen LogP contribution in [0.1, 0.15) is 17.7 Å². The average Bonchev–Trinajstić information content (AvgIpc) is 2.77. The number of carbonyl (C=O) groups is 2. The molecule has 2 amide bonds. The minimum absolute atomic E-state index is 0.0718. The summed E-state index contributed by atoms with van der Waals surface area (Å²) in [7, 11) is 1.57. The summed E-state index contributed by atoms with van der Waals surface area (Å²) < 4.78 is 5.63. The number of hydrogen-bond acceptors (Lipinski definition) is 3. The summed E-state index contributed by atoms with van der Waals surface area (Å²) in [5.74, 6) is -0.156. The fourth-order valence-electron chi connectivity index (χ4n) is 2.10. The molecule has 0 fully saturated rings. The number of hydrogen-bond donors (Lipinski definition) is 2. The number of carbonyl (C=O) groups excluding carboxylic acids is 1. The van der Waals surface area contributed by atoms with Crippen molar-refractivity contribution in [2.45, 2.75) is 19.9 Å². The number of aryl methyl sites for hydroxylation is 1. The minimum atomic E-state index is -0.925. The molecule has 0 saturated carbocycles. The largest absolute Gasteiger partial charge is 0.481 e. The van der Waals surface area contributed by atoms with Crippen molar-refractivity contribution in [1.82, 2.24) is 10.2 Å². The number of aliphatic carboxylic acids is 1. The molecule has 6 nitrogen and oxygen atoms in total. The molecule has 1 heterocycles. The summed E-state index contributed by atoms with van der Waals surface area (Å²) in [4.78, 5) is 23.7. The van der Waals surface area contributed by atoms with Crippen molar-refractivity contribution in [3.63, 3.8) is 0 Å². The van der Waals surface area contributed by atoms with Gasteiger partial charge in [0.1, 0.15) is 11.3 Å². The standard InChI is InChI=1S/C15H18N2O4/c1-10-12(11-5-3-4-6-13(11)21-10)9-16-15(20)17(2)8-7-14(18)19/h3-6H,7-9H2,1-2H3,(H,16,20)(H,18,19). The highest BCUT2D eigenvalue weighted by Crippen LogP contribution is 2.24. The van der Waals surface area contributed by atoms with E-state index in [2.05, 4.69) is 5.32 Å². The van der Waals surface area contributed by atoms with Crippen LogP contribution in [0, 0.1) is 6.92 Å². The van der Waals surface area contributed by atoms with Crippen LogP contribution in [-0.2, 0) is 11.3 Å². The van der Waals surface area contributed by atoms with Crippen molar-refractivity contribution in [3.05, 3.63) is 35.6 Å². The van der Waals surface area contributed by atoms with Crippen LogP contribution in [0.2, 0.25) is 0 Å². The summed E-state index contributed by atoms with van der Waals surface area (Å²) in [5.41, 5.74) is 1.73. The number of para-hydroxylation sites is 1. The molecule has 0 spiro atoms. The highest BCUT2D eigenvalue weighted by molar-refractivity contribution is 5.83. The Kier molecular flexibility index (Phi) is 4.47.